The van der Waals surface area contributed by atoms with Gasteiger partial charge < -0.3 is 9.47 Å². The van der Waals surface area contributed by atoms with Gasteiger partial charge in [-0.3, -0.25) is 9.59 Å². The lowest BCUT2D eigenvalue weighted by molar-refractivity contribution is -0.151. The van der Waals surface area contributed by atoms with Crippen molar-refractivity contribution in [2.24, 2.45) is 5.92 Å². The first kappa shape index (κ1) is 19.9. The highest BCUT2D eigenvalue weighted by atomic mass is 16.5. The van der Waals surface area contributed by atoms with E-state index in [0.29, 0.717) is 6.42 Å². The second kappa shape index (κ2) is 8.87. The van der Waals surface area contributed by atoms with E-state index in [2.05, 4.69) is 19.1 Å². The van der Waals surface area contributed by atoms with E-state index < -0.39 is 11.9 Å². The number of hydrogen-bond donors (Lipinski definition) is 0. The molecule has 4 nitrogen and oxygen atoms in total. The van der Waals surface area contributed by atoms with Crippen molar-refractivity contribution < 1.29 is 19.1 Å². The molecule has 0 radical (unpaired) electrons. The molecule has 2 aromatic carbocycles. The summed E-state index contributed by atoms with van der Waals surface area (Å²) in [5.41, 5.74) is 3.96. The van der Waals surface area contributed by atoms with Crippen LogP contribution < -0.4 is 4.74 Å². The summed E-state index contributed by atoms with van der Waals surface area (Å²) >= 11 is 0. The van der Waals surface area contributed by atoms with Gasteiger partial charge >= 0.3 is 5.97 Å². The molecule has 1 aliphatic rings. The zero-order valence-corrected chi connectivity index (χ0v) is 16.6. The third-order valence-corrected chi connectivity index (χ3v) is 5.27. The topological polar surface area (TPSA) is 52.6 Å². The van der Waals surface area contributed by atoms with E-state index in [1.165, 1.54) is 5.56 Å². The number of carbonyl (C=O) groups excluding carboxylic acids is 2. The summed E-state index contributed by atoms with van der Waals surface area (Å²) in [5.74, 6) is -1.02. The Kier molecular flexibility index (Phi) is 6.30. The van der Waals surface area contributed by atoms with Gasteiger partial charge in [-0.1, -0.05) is 49.4 Å². The van der Waals surface area contributed by atoms with E-state index in [4.69, 9.17) is 9.47 Å². The first-order chi connectivity index (χ1) is 13.6. The van der Waals surface area contributed by atoms with E-state index in [0.717, 1.165) is 28.9 Å². The highest BCUT2D eigenvalue weighted by Crippen LogP contribution is 2.42. The zero-order chi connectivity index (χ0) is 20.1. The smallest absolute Gasteiger partial charge is 0.317 e. The van der Waals surface area contributed by atoms with Gasteiger partial charge in [0.15, 0.2) is 5.78 Å². The van der Waals surface area contributed by atoms with Gasteiger partial charge in [-0.2, -0.15) is 0 Å². The zero-order valence-electron chi connectivity index (χ0n) is 16.6. The second-order valence-electron chi connectivity index (χ2n) is 6.91. The van der Waals surface area contributed by atoms with Gasteiger partial charge in [-0.15, -0.1) is 0 Å². The number of methoxy groups -OCH3 is 1. The van der Waals surface area contributed by atoms with E-state index in [1.807, 2.05) is 36.4 Å². The average Bonchev–Trinajstić information content (AvgIpc) is 2.73. The van der Waals surface area contributed by atoms with E-state index in [-0.39, 0.29) is 18.3 Å². The van der Waals surface area contributed by atoms with E-state index in [1.54, 1.807) is 20.1 Å². The van der Waals surface area contributed by atoms with Gasteiger partial charge in [-0.05, 0) is 48.6 Å². The van der Waals surface area contributed by atoms with Crippen LogP contribution in [0.1, 0.15) is 42.9 Å². The summed E-state index contributed by atoms with van der Waals surface area (Å²) in [6, 6.07) is 15.8. The third kappa shape index (κ3) is 4.01. The van der Waals surface area contributed by atoms with Crippen LogP contribution in [0.25, 0.3) is 5.57 Å². The molecule has 0 saturated heterocycles. The fraction of sp³-hybridized carbons (Fsp3) is 0.333. The molecule has 0 heterocycles. The van der Waals surface area contributed by atoms with Gasteiger partial charge in [0.1, 0.15) is 11.7 Å². The first-order valence-electron chi connectivity index (χ1n) is 9.72. The maximum Gasteiger partial charge on any atom is 0.317 e. The SMILES string of the molecule is CCOC(=O)[C@@H]1C(=O)C=C(c2ccccc2OC)C[C@H]1c1ccc(CC)cc1. The number of ether oxygens (including phenoxy) is 2. The van der Waals surface area contributed by atoms with Crippen LogP contribution >= 0.6 is 0 Å². The highest BCUT2D eigenvalue weighted by molar-refractivity contribution is 6.11. The van der Waals surface area contributed by atoms with Crippen LogP contribution in [0, 0.1) is 5.92 Å². The predicted octanol–water partition coefficient (Wildman–Crippen LogP) is 4.58. The van der Waals surface area contributed by atoms with Crippen molar-refractivity contribution in [3.8, 4) is 5.75 Å². The minimum atomic E-state index is -0.814. The fourth-order valence-electron chi connectivity index (χ4n) is 3.79. The Balaban J connectivity index is 2.04. The number of esters is 1. The molecule has 1 aliphatic carbocycles. The molecule has 0 amide bonds. The number of ketones is 1. The van der Waals surface area contributed by atoms with Crippen molar-refractivity contribution >= 4 is 17.3 Å². The maximum atomic E-state index is 13.0. The van der Waals surface area contributed by atoms with Crippen LogP contribution in [0.2, 0.25) is 0 Å². The van der Waals surface area contributed by atoms with Crippen LogP contribution in [-0.4, -0.2) is 25.5 Å². The van der Waals surface area contributed by atoms with Crippen molar-refractivity contribution in [1.82, 2.24) is 0 Å². The van der Waals surface area contributed by atoms with Crippen LogP contribution in [0.5, 0.6) is 5.75 Å². The average molecular weight is 378 g/mol. The molecule has 28 heavy (non-hydrogen) atoms. The first-order valence-corrected chi connectivity index (χ1v) is 9.72. The molecular formula is C24H26O4. The van der Waals surface area contributed by atoms with Crippen LogP contribution in [0.4, 0.5) is 0 Å². The van der Waals surface area contributed by atoms with E-state index in [9.17, 15) is 9.59 Å². The maximum absolute atomic E-state index is 13.0. The van der Waals surface area contributed by atoms with Gasteiger partial charge in [0, 0.05) is 11.5 Å². The van der Waals surface area contributed by atoms with Gasteiger partial charge in [0.2, 0.25) is 0 Å². The predicted molar refractivity (Wildman–Crippen MR) is 109 cm³/mol. The molecule has 0 spiro atoms. The monoisotopic (exact) mass is 378 g/mol. The summed E-state index contributed by atoms with van der Waals surface area (Å²) in [4.78, 5) is 25.6. The largest absolute Gasteiger partial charge is 0.496 e. The molecule has 4 heteroatoms. The summed E-state index contributed by atoms with van der Waals surface area (Å²) in [6.07, 6.45) is 3.09. The Labute approximate surface area is 166 Å². The van der Waals surface area contributed by atoms with Crippen molar-refractivity contribution in [2.75, 3.05) is 13.7 Å². The molecular weight excluding hydrogens is 352 g/mol. The highest BCUT2D eigenvalue weighted by Gasteiger charge is 2.40. The number of hydrogen-bond acceptors (Lipinski definition) is 4. The fourth-order valence-corrected chi connectivity index (χ4v) is 3.79. The molecule has 146 valence electrons. The quantitative estimate of drug-likeness (QED) is 0.545. The molecule has 3 rings (SSSR count). The molecule has 2 atom stereocenters. The van der Waals surface area contributed by atoms with Crippen molar-refractivity contribution in [2.45, 2.75) is 32.6 Å². The lowest BCUT2D eigenvalue weighted by atomic mass is 9.73. The number of allylic oxidation sites excluding steroid dienone is 2. The second-order valence-corrected chi connectivity index (χ2v) is 6.91. The molecule has 0 bridgehead atoms. The summed E-state index contributed by atoms with van der Waals surface area (Å²) in [7, 11) is 1.62. The lowest BCUT2D eigenvalue weighted by Gasteiger charge is -2.30. The van der Waals surface area contributed by atoms with Gasteiger partial charge in [0.25, 0.3) is 0 Å². The number of rotatable bonds is 6. The molecule has 2 aromatic rings. The Morgan fingerprint density at radius 2 is 1.79 bits per heavy atom. The van der Waals surface area contributed by atoms with Crippen molar-refractivity contribution in [1.29, 1.82) is 0 Å². The Morgan fingerprint density at radius 3 is 2.43 bits per heavy atom. The van der Waals surface area contributed by atoms with Crippen LogP contribution in [0.3, 0.4) is 0 Å². The molecule has 0 saturated carbocycles. The molecule has 0 fully saturated rings. The van der Waals surface area contributed by atoms with E-state index >= 15 is 0 Å². The van der Waals surface area contributed by atoms with Gasteiger partial charge in [-0.25, -0.2) is 0 Å². The minimum absolute atomic E-state index is 0.213. The number of para-hydroxylation sites is 1. The lowest BCUT2D eigenvalue weighted by Crippen LogP contribution is -2.34. The Hall–Kier alpha value is -2.88. The van der Waals surface area contributed by atoms with Crippen LogP contribution in [0.15, 0.2) is 54.6 Å². The number of aryl methyl sites for hydroxylation is 1. The third-order valence-electron chi connectivity index (χ3n) is 5.27. The summed E-state index contributed by atoms with van der Waals surface area (Å²) in [5, 5.41) is 0. The van der Waals surface area contributed by atoms with Crippen molar-refractivity contribution in [3.05, 3.63) is 71.3 Å². The standard InChI is InChI=1S/C24H26O4/c1-4-16-10-12-17(13-11-16)20-14-18(19-8-6-7-9-22(19)27-3)15-21(25)23(20)24(26)28-5-2/h6-13,15,20,23H,4-5,14H2,1-3H3/t20-,23-/m0/s1. The summed E-state index contributed by atoms with van der Waals surface area (Å²) in [6.45, 7) is 4.11. The van der Waals surface area contributed by atoms with Crippen LogP contribution in [-0.2, 0) is 20.7 Å². The molecule has 0 N–H and O–H groups in total. The number of benzene rings is 2. The summed E-state index contributed by atoms with van der Waals surface area (Å²) < 4.78 is 10.7. The van der Waals surface area contributed by atoms with Crippen molar-refractivity contribution in [3.63, 3.8) is 0 Å². The Morgan fingerprint density at radius 1 is 1.07 bits per heavy atom. The molecule has 0 unspecified atom stereocenters. The normalized spacial score (nSPS) is 19.1. The Bertz CT molecular complexity index is 880. The minimum Gasteiger partial charge on any atom is -0.496 e. The van der Waals surface area contributed by atoms with Gasteiger partial charge in [0.05, 0.1) is 13.7 Å². The number of carbonyl (C=O) groups is 2. The molecule has 0 aromatic heterocycles. The molecule has 0 aliphatic heterocycles.